The van der Waals surface area contributed by atoms with Crippen LogP contribution in [0.3, 0.4) is 0 Å². The summed E-state index contributed by atoms with van der Waals surface area (Å²) in [6.07, 6.45) is 3.60. The van der Waals surface area contributed by atoms with Crippen LogP contribution in [-0.4, -0.2) is 63.0 Å². The lowest BCUT2D eigenvalue weighted by atomic mass is 10.2. The summed E-state index contributed by atoms with van der Waals surface area (Å²) in [4.78, 5) is 31.3. The first-order chi connectivity index (χ1) is 17.1. The summed E-state index contributed by atoms with van der Waals surface area (Å²) in [5.41, 5.74) is 3.37. The fourth-order valence-electron chi connectivity index (χ4n) is 4.18. The summed E-state index contributed by atoms with van der Waals surface area (Å²) in [5.74, 6) is 1.36. The Balaban J connectivity index is 1.39. The van der Waals surface area contributed by atoms with Gasteiger partial charge >= 0.3 is 0 Å². The number of carbonyl (C=O) groups excluding carboxylic acids is 1. The molecule has 3 heterocycles. The molecule has 1 aliphatic rings. The van der Waals surface area contributed by atoms with Gasteiger partial charge in [0.25, 0.3) is 5.91 Å². The lowest BCUT2D eigenvalue weighted by Gasteiger charge is -2.35. The summed E-state index contributed by atoms with van der Waals surface area (Å²) in [5, 5.41) is 3.31. The van der Waals surface area contributed by atoms with Crippen molar-refractivity contribution in [1.29, 1.82) is 0 Å². The SMILES string of the molecule is C=CCNc1nc(N2CCN(C(=O)c3cccc(Br)c3)CC2)nc2c1ncn2Cc1ccccc1. The molecule has 1 N–H and O–H groups in total. The summed E-state index contributed by atoms with van der Waals surface area (Å²) in [6, 6.07) is 17.8. The van der Waals surface area contributed by atoms with Gasteiger partial charge in [-0.25, -0.2) is 4.98 Å². The molecular weight excluding hydrogens is 506 g/mol. The number of imidazole rings is 1. The molecule has 0 bridgehead atoms. The molecule has 5 rings (SSSR count). The van der Waals surface area contributed by atoms with Gasteiger partial charge in [-0.1, -0.05) is 58.4 Å². The van der Waals surface area contributed by atoms with E-state index in [4.69, 9.17) is 9.97 Å². The second-order valence-electron chi connectivity index (χ2n) is 8.36. The number of benzene rings is 2. The zero-order chi connectivity index (χ0) is 24.2. The van der Waals surface area contributed by atoms with Gasteiger partial charge in [-0.05, 0) is 23.8 Å². The maximum Gasteiger partial charge on any atom is 0.254 e. The minimum Gasteiger partial charge on any atom is -0.365 e. The Labute approximate surface area is 212 Å². The highest BCUT2D eigenvalue weighted by Gasteiger charge is 2.25. The van der Waals surface area contributed by atoms with Gasteiger partial charge in [-0.3, -0.25) is 4.79 Å². The number of nitrogens with one attached hydrogen (secondary N) is 1. The third-order valence-electron chi connectivity index (χ3n) is 5.98. The second-order valence-corrected chi connectivity index (χ2v) is 9.28. The second kappa shape index (κ2) is 10.3. The van der Waals surface area contributed by atoms with Crippen molar-refractivity contribution in [3.8, 4) is 0 Å². The van der Waals surface area contributed by atoms with Gasteiger partial charge in [-0.2, -0.15) is 9.97 Å². The number of anilines is 2. The number of rotatable bonds is 7. The summed E-state index contributed by atoms with van der Waals surface area (Å²) >= 11 is 3.45. The van der Waals surface area contributed by atoms with Gasteiger partial charge in [0.05, 0.1) is 12.9 Å². The monoisotopic (exact) mass is 531 g/mol. The Morgan fingerprint density at radius 3 is 2.60 bits per heavy atom. The zero-order valence-electron chi connectivity index (χ0n) is 19.3. The molecule has 2 aromatic carbocycles. The van der Waals surface area contributed by atoms with E-state index in [0.29, 0.717) is 56.6 Å². The van der Waals surface area contributed by atoms with E-state index in [1.165, 1.54) is 5.56 Å². The third-order valence-corrected chi connectivity index (χ3v) is 6.48. The summed E-state index contributed by atoms with van der Waals surface area (Å²) in [6.45, 7) is 7.56. The predicted octanol–water partition coefficient (Wildman–Crippen LogP) is 4.20. The van der Waals surface area contributed by atoms with E-state index < -0.39 is 0 Å². The van der Waals surface area contributed by atoms with Crippen LogP contribution in [0, 0.1) is 0 Å². The molecule has 0 spiro atoms. The molecule has 0 atom stereocenters. The number of nitrogens with zero attached hydrogens (tertiary/aromatic N) is 6. The molecule has 178 valence electrons. The fourth-order valence-corrected chi connectivity index (χ4v) is 4.57. The molecule has 9 heteroatoms. The Kier molecular flexibility index (Phi) is 6.76. The maximum absolute atomic E-state index is 13.0. The van der Waals surface area contributed by atoms with Crippen LogP contribution in [0.25, 0.3) is 11.2 Å². The van der Waals surface area contributed by atoms with Crippen molar-refractivity contribution in [2.45, 2.75) is 6.54 Å². The summed E-state index contributed by atoms with van der Waals surface area (Å²) < 4.78 is 2.94. The molecule has 1 saturated heterocycles. The summed E-state index contributed by atoms with van der Waals surface area (Å²) in [7, 11) is 0. The van der Waals surface area contributed by atoms with E-state index in [1.54, 1.807) is 6.08 Å². The van der Waals surface area contributed by atoms with E-state index in [9.17, 15) is 4.79 Å². The molecule has 0 aliphatic carbocycles. The average molecular weight is 532 g/mol. The maximum atomic E-state index is 13.0. The predicted molar refractivity (Wildman–Crippen MR) is 142 cm³/mol. The highest BCUT2D eigenvalue weighted by atomic mass is 79.9. The van der Waals surface area contributed by atoms with Crippen LogP contribution in [-0.2, 0) is 6.54 Å². The quantitative estimate of drug-likeness (QED) is 0.360. The van der Waals surface area contributed by atoms with Crippen LogP contribution in [0.2, 0.25) is 0 Å². The molecule has 2 aromatic heterocycles. The minimum absolute atomic E-state index is 0.0385. The van der Waals surface area contributed by atoms with Crippen LogP contribution in [0.15, 0.2) is 78.1 Å². The number of amides is 1. The van der Waals surface area contributed by atoms with Crippen molar-refractivity contribution in [3.63, 3.8) is 0 Å². The van der Waals surface area contributed by atoms with Crippen molar-refractivity contribution >= 4 is 44.8 Å². The van der Waals surface area contributed by atoms with Crippen LogP contribution in [0.4, 0.5) is 11.8 Å². The molecule has 1 fully saturated rings. The smallest absolute Gasteiger partial charge is 0.254 e. The van der Waals surface area contributed by atoms with Gasteiger partial charge in [0.1, 0.15) is 0 Å². The van der Waals surface area contributed by atoms with Crippen molar-refractivity contribution in [2.24, 2.45) is 0 Å². The van der Waals surface area contributed by atoms with Crippen molar-refractivity contribution in [2.75, 3.05) is 42.9 Å². The van der Waals surface area contributed by atoms with E-state index in [-0.39, 0.29) is 5.91 Å². The number of halogens is 1. The van der Waals surface area contributed by atoms with Gasteiger partial charge in [0.15, 0.2) is 17.0 Å². The van der Waals surface area contributed by atoms with Gasteiger partial charge in [0.2, 0.25) is 5.95 Å². The Bertz CT molecular complexity index is 1350. The number of hydrogen-bond donors (Lipinski definition) is 1. The first-order valence-corrected chi connectivity index (χ1v) is 12.3. The molecule has 8 nitrogen and oxygen atoms in total. The number of hydrogen-bond acceptors (Lipinski definition) is 6. The van der Waals surface area contributed by atoms with E-state index in [1.807, 2.05) is 58.3 Å². The normalized spacial score (nSPS) is 13.7. The Morgan fingerprint density at radius 2 is 1.86 bits per heavy atom. The number of carbonyl (C=O) groups is 1. The third kappa shape index (κ3) is 5.05. The van der Waals surface area contributed by atoms with Crippen molar-refractivity contribution < 1.29 is 4.79 Å². The molecule has 0 radical (unpaired) electrons. The first-order valence-electron chi connectivity index (χ1n) is 11.5. The van der Waals surface area contributed by atoms with Crippen LogP contribution in [0.5, 0.6) is 0 Å². The van der Waals surface area contributed by atoms with Gasteiger partial charge < -0.3 is 19.7 Å². The fraction of sp³-hybridized carbons (Fsp3) is 0.231. The van der Waals surface area contributed by atoms with E-state index in [2.05, 4.69) is 49.8 Å². The molecule has 1 amide bonds. The molecule has 0 unspecified atom stereocenters. The lowest BCUT2D eigenvalue weighted by Crippen LogP contribution is -2.49. The highest BCUT2D eigenvalue weighted by Crippen LogP contribution is 2.24. The number of aromatic nitrogens is 4. The standard InChI is InChI=1S/C26H26BrN7O/c1-2-11-28-23-22-24(34(18-29-22)17-19-7-4-3-5-8-19)31-26(30-23)33-14-12-32(13-15-33)25(35)20-9-6-10-21(27)16-20/h2-10,16,18H,1,11-15,17H2,(H,28,30,31). The van der Waals surface area contributed by atoms with Crippen LogP contribution < -0.4 is 10.2 Å². The van der Waals surface area contributed by atoms with Gasteiger partial charge in [-0.15, -0.1) is 6.58 Å². The van der Waals surface area contributed by atoms with Crippen molar-refractivity contribution in [1.82, 2.24) is 24.4 Å². The van der Waals surface area contributed by atoms with Crippen LogP contribution in [0.1, 0.15) is 15.9 Å². The highest BCUT2D eigenvalue weighted by molar-refractivity contribution is 9.10. The Morgan fingerprint density at radius 1 is 1.06 bits per heavy atom. The molecule has 35 heavy (non-hydrogen) atoms. The zero-order valence-corrected chi connectivity index (χ0v) is 20.9. The van der Waals surface area contributed by atoms with E-state index >= 15 is 0 Å². The van der Waals surface area contributed by atoms with Gasteiger partial charge in [0, 0.05) is 42.8 Å². The van der Waals surface area contributed by atoms with Crippen LogP contribution >= 0.6 is 15.9 Å². The first kappa shape index (κ1) is 23.0. The van der Waals surface area contributed by atoms with Crippen molar-refractivity contribution in [3.05, 3.63) is 89.2 Å². The molecule has 0 saturated carbocycles. The lowest BCUT2D eigenvalue weighted by molar-refractivity contribution is 0.0746. The molecule has 1 aliphatic heterocycles. The number of fused-ring (bicyclic) bond motifs is 1. The average Bonchev–Trinajstić information content (AvgIpc) is 3.30. The molecular formula is C26H26BrN7O. The Hall–Kier alpha value is -3.72. The largest absolute Gasteiger partial charge is 0.365 e. The van der Waals surface area contributed by atoms with E-state index in [0.717, 1.165) is 15.6 Å². The topological polar surface area (TPSA) is 79.2 Å². The number of piperazine rings is 1. The minimum atomic E-state index is 0.0385. The molecule has 4 aromatic rings.